The number of alkyl halides is 1. The predicted molar refractivity (Wildman–Crippen MR) is 67.7 cm³/mol. The topological polar surface area (TPSA) is 0 Å². The molecule has 0 radical (unpaired) electrons. The second kappa shape index (κ2) is 4.94. The van der Waals surface area contributed by atoms with Crippen LogP contribution in [0.3, 0.4) is 0 Å². The Hall–Kier alpha value is 0.660. The van der Waals surface area contributed by atoms with Gasteiger partial charge in [0.25, 0.3) is 0 Å². The quantitative estimate of drug-likeness (QED) is 0.667. The molecule has 1 heterocycles. The summed E-state index contributed by atoms with van der Waals surface area (Å²) in [6, 6.07) is 2.11. The summed E-state index contributed by atoms with van der Waals surface area (Å²) in [7, 11) is 0. The zero-order valence-corrected chi connectivity index (χ0v) is 12.0. The van der Waals surface area contributed by atoms with Crippen molar-refractivity contribution in [2.45, 2.75) is 25.6 Å². The zero-order chi connectivity index (χ0) is 10.0. The van der Waals surface area contributed by atoms with E-state index in [1.807, 2.05) is 11.3 Å². The first-order valence-electron chi connectivity index (χ1n) is 4.41. The molecule has 13 heavy (non-hydrogen) atoms. The van der Waals surface area contributed by atoms with E-state index in [0.717, 1.165) is 0 Å². The van der Waals surface area contributed by atoms with Gasteiger partial charge in [-0.1, -0.05) is 36.7 Å². The Bertz CT molecular complexity index is 268. The average molecular weight is 326 g/mol. The van der Waals surface area contributed by atoms with Gasteiger partial charge in [-0.2, -0.15) is 0 Å². The minimum atomic E-state index is 0.474. The zero-order valence-electron chi connectivity index (χ0n) is 8.05. The molecule has 2 atom stereocenters. The third kappa shape index (κ3) is 2.80. The van der Waals surface area contributed by atoms with Crippen LogP contribution in [0.25, 0.3) is 0 Å². The van der Waals surface area contributed by atoms with Gasteiger partial charge < -0.3 is 0 Å². The van der Waals surface area contributed by atoms with Crippen molar-refractivity contribution in [2.75, 3.05) is 0 Å². The van der Waals surface area contributed by atoms with Gasteiger partial charge in [0.05, 0.1) is 4.83 Å². The van der Waals surface area contributed by atoms with Crippen LogP contribution in [0, 0.1) is 11.8 Å². The first kappa shape index (κ1) is 11.7. The predicted octanol–water partition coefficient (Wildman–Crippen LogP) is 5.24. The summed E-state index contributed by atoms with van der Waals surface area (Å²) in [6.07, 6.45) is 0. The molecule has 74 valence electrons. The highest BCUT2D eigenvalue weighted by Gasteiger charge is 2.21. The molecule has 0 amide bonds. The number of hydrogen-bond donors (Lipinski definition) is 0. The SMILES string of the molecule is CC(C)C(C)C(Br)c1sccc1Br. The van der Waals surface area contributed by atoms with E-state index < -0.39 is 0 Å². The fraction of sp³-hybridized carbons (Fsp3) is 0.600. The Morgan fingerprint density at radius 1 is 1.31 bits per heavy atom. The first-order valence-corrected chi connectivity index (χ1v) is 6.99. The Balaban J connectivity index is 2.79. The lowest BCUT2D eigenvalue weighted by Gasteiger charge is -2.21. The van der Waals surface area contributed by atoms with E-state index in [4.69, 9.17) is 0 Å². The summed E-state index contributed by atoms with van der Waals surface area (Å²) in [5.74, 6) is 1.37. The fourth-order valence-electron chi connectivity index (χ4n) is 1.08. The Morgan fingerprint density at radius 2 is 1.92 bits per heavy atom. The fourth-order valence-corrected chi connectivity index (χ4v) is 4.28. The maximum absolute atomic E-state index is 3.76. The van der Waals surface area contributed by atoms with Gasteiger partial charge in [0.15, 0.2) is 0 Å². The van der Waals surface area contributed by atoms with Crippen molar-refractivity contribution in [2.24, 2.45) is 11.8 Å². The molecule has 0 aliphatic rings. The lowest BCUT2D eigenvalue weighted by Crippen LogP contribution is -2.09. The maximum atomic E-state index is 3.76. The van der Waals surface area contributed by atoms with E-state index in [1.54, 1.807) is 0 Å². The van der Waals surface area contributed by atoms with Gasteiger partial charge in [0, 0.05) is 9.35 Å². The van der Waals surface area contributed by atoms with E-state index in [2.05, 4.69) is 64.1 Å². The standard InChI is InChI=1S/C10H14Br2S/c1-6(2)7(3)9(12)10-8(11)4-5-13-10/h4-7,9H,1-3H3. The van der Waals surface area contributed by atoms with Crippen molar-refractivity contribution in [3.05, 3.63) is 20.8 Å². The highest BCUT2D eigenvalue weighted by molar-refractivity contribution is 9.11. The molecule has 0 bridgehead atoms. The van der Waals surface area contributed by atoms with Gasteiger partial charge in [-0.15, -0.1) is 11.3 Å². The van der Waals surface area contributed by atoms with Crippen molar-refractivity contribution < 1.29 is 0 Å². The number of hydrogen-bond acceptors (Lipinski definition) is 1. The largest absolute Gasteiger partial charge is 0.147 e. The summed E-state index contributed by atoms with van der Waals surface area (Å²) in [4.78, 5) is 1.88. The summed E-state index contributed by atoms with van der Waals surface area (Å²) >= 11 is 9.14. The lowest BCUT2D eigenvalue weighted by atomic mass is 9.94. The normalized spacial score (nSPS) is 16.2. The third-order valence-corrected chi connectivity index (χ3v) is 5.96. The van der Waals surface area contributed by atoms with Crippen molar-refractivity contribution in [1.82, 2.24) is 0 Å². The van der Waals surface area contributed by atoms with E-state index in [-0.39, 0.29) is 0 Å². The van der Waals surface area contributed by atoms with Crippen LogP contribution in [-0.2, 0) is 0 Å². The molecule has 0 spiro atoms. The molecule has 1 rings (SSSR count). The Kier molecular flexibility index (Phi) is 4.46. The van der Waals surface area contributed by atoms with E-state index in [0.29, 0.717) is 16.7 Å². The molecule has 0 nitrogen and oxygen atoms in total. The van der Waals surface area contributed by atoms with Crippen molar-refractivity contribution >= 4 is 43.2 Å². The summed E-state index contributed by atoms with van der Waals surface area (Å²) in [5, 5.41) is 2.13. The van der Waals surface area contributed by atoms with Crippen LogP contribution in [0.1, 0.15) is 30.5 Å². The summed E-state index contributed by atoms with van der Waals surface area (Å²) < 4.78 is 1.23. The van der Waals surface area contributed by atoms with Crippen LogP contribution in [-0.4, -0.2) is 0 Å². The van der Waals surface area contributed by atoms with Crippen LogP contribution in [0.2, 0.25) is 0 Å². The van der Waals surface area contributed by atoms with Crippen LogP contribution in [0.5, 0.6) is 0 Å². The molecule has 0 saturated carbocycles. The number of rotatable bonds is 3. The Morgan fingerprint density at radius 3 is 2.31 bits per heavy atom. The summed E-state index contributed by atoms with van der Waals surface area (Å²) in [6.45, 7) is 6.82. The van der Waals surface area contributed by atoms with Crippen molar-refractivity contribution in [1.29, 1.82) is 0 Å². The number of halogens is 2. The molecule has 0 N–H and O–H groups in total. The molecule has 1 aromatic rings. The van der Waals surface area contributed by atoms with Crippen molar-refractivity contribution in [3.8, 4) is 0 Å². The number of thiophene rings is 1. The molecular weight excluding hydrogens is 312 g/mol. The second-order valence-electron chi connectivity index (χ2n) is 3.64. The maximum Gasteiger partial charge on any atom is 0.0528 e. The highest BCUT2D eigenvalue weighted by atomic mass is 79.9. The first-order chi connectivity index (χ1) is 6.04. The molecule has 0 aliphatic carbocycles. The lowest BCUT2D eigenvalue weighted by molar-refractivity contribution is 0.416. The van der Waals surface area contributed by atoms with E-state index in [9.17, 15) is 0 Å². The van der Waals surface area contributed by atoms with Crippen LogP contribution in [0.4, 0.5) is 0 Å². The molecule has 0 saturated heterocycles. The van der Waals surface area contributed by atoms with Gasteiger partial charge in [-0.05, 0) is 39.2 Å². The molecule has 0 aromatic carbocycles. The molecular formula is C10H14Br2S. The van der Waals surface area contributed by atoms with Gasteiger partial charge in [0.2, 0.25) is 0 Å². The monoisotopic (exact) mass is 324 g/mol. The third-order valence-electron chi connectivity index (χ3n) is 2.41. The molecule has 3 heteroatoms. The average Bonchev–Trinajstić information content (AvgIpc) is 2.48. The van der Waals surface area contributed by atoms with Gasteiger partial charge in [0.1, 0.15) is 0 Å². The molecule has 0 aliphatic heterocycles. The van der Waals surface area contributed by atoms with Crippen LogP contribution < -0.4 is 0 Å². The molecule has 0 fully saturated rings. The Labute approximate surface area is 101 Å². The van der Waals surface area contributed by atoms with Crippen LogP contribution in [0.15, 0.2) is 15.9 Å². The van der Waals surface area contributed by atoms with E-state index in [1.165, 1.54) is 9.35 Å². The molecule has 1 aromatic heterocycles. The minimum absolute atomic E-state index is 0.474. The van der Waals surface area contributed by atoms with Gasteiger partial charge in [-0.25, -0.2) is 0 Å². The van der Waals surface area contributed by atoms with Crippen LogP contribution >= 0.6 is 43.2 Å². The van der Waals surface area contributed by atoms with Gasteiger partial charge >= 0.3 is 0 Å². The van der Waals surface area contributed by atoms with Crippen molar-refractivity contribution in [3.63, 3.8) is 0 Å². The van der Waals surface area contributed by atoms with E-state index >= 15 is 0 Å². The molecule has 2 unspecified atom stereocenters. The second-order valence-corrected chi connectivity index (χ2v) is 6.43. The minimum Gasteiger partial charge on any atom is -0.147 e. The smallest absolute Gasteiger partial charge is 0.0528 e. The van der Waals surface area contributed by atoms with Gasteiger partial charge in [-0.3, -0.25) is 0 Å². The summed E-state index contributed by atoms with van der Waals surface area (Å²) in [5.41, 5.74) is 0. The highest BCUT2D eigenvalue weighted by Crippen LogP contribution is 2.41.